The summed E-state index contributed by atoms with van der Waals surface area (Å²) in [7, 11) is 1.30. The molecule has 0 aliphatic heterocycles. The second kappa shape index (κ2) is 7.76. The van der Waals surface area contributed by atoms with Gasteiger partial charge in [0.2, 0.25) is 5.91 Å². The van der Waals surface area contributed by atoms with Crippen LogP contribution in [0.4, 0.5) is 0 Å². The first kappa shape index (κ1) is 14.5. The molecule has 0 radical (unpaired) electrons. The summed E-state index contributed by atoms with van der Waals surface area (Å²) in [5, 5.41) is 2.53. The van der Waals surface area contributed by atoms with Gasteiger partial charge in [0, 0.05) is 18.4 Å². The highest BCUT2D eigenvalue weighted by Gasteiger charge is 2.19. The maximum absolute atomic E-state index is 11.2. The number of hydrogen-bond donors (Lipinski definition) is 1. The van der Waals surface area contributed by atoms with Crippen LogP contribution in [-0.4, -0.2) is 36.5 Å². The molecule has 4 nitrogen and oxygen atoms in total. The van der Waals surface area contributed by atoms with Crippen molar-refractivity contribution < 1.29 is 14.3 Å². The van der Waals surface area contributed by atoms with Gasteiger partial charge in [0.05, 0.1) is 7.11 Å². The monoisotopic (exact) mass is 295 g/mol. The van der Waals surface area contributed by atoms with Crippen molar-refractivity contribution in [3.8, 4) is 0 Å². The van der Waals surface area contributed by atoms with Gasteiger partial charge in [-0.2, -0.15) is 11.8 Å². The van der Waals surface area contributed by atoms with Crippen LogP contribution >= 0.6 is 27.7 Å². The van der Waals surface area contributed by atoms with E-state index in [-0.39, 0.29) is 5.91 Å². The molecule has 86 valence electrons. The van der Waals surface area contributed by atoms with Crippen LogP contribution in [0.5, 0.6) is 0 Å². The van der Waals surface area contributed by atoms with Crippen LogP contribution < -0.4 is 5.32 Å². The van der Waals surface area contributed by atoms with Crippen molar-refractivity contribution in [3.63, 3.8) is 0 Å². The highest BCUT2D eigenvalue weighted by Crippen LogP contribution is 2.12. The number of rotatable bonds is 6. The lowest BCUT2D eigenvalue weighted by Crippen LogP contribution is -2.42. The number of halogens is 1. The second-order valence-electron chi connectivity index (χ2n) is 2.81. The van der Waals surface area contributed by atoms with E-state index in [0.29, 0.717) is 11.5 Å². The van der Waals surface area contributed by atoms with Crippen molar-refractivity contribution in [2.75, 3.05) is 18.6 Å². The van der Waals surface area contributed by atoms with Gasteiger partial charge in [-0.15, -0.1) is 0 Å². The molecule has 0 heterocycles. The first-order valence-corrected chi connectivity index (χ1v) is 6.18. The van der Waals surface area contributed by atoms with Crippen LogP contribution in [0.25, 0.3) is 0 Å². The standard InChI is InChI=1S/C9H14BrNO3S/c1-6(10)4-15-5-8(9(13)14-3)11-7(2)12/h8H,1,4-5H2,2-3H3,(H,11,12)/t8-/m0/s1. The van der Waals surface area contributed by atoms with Crippen molar-refractivity contribution >= 4 is 39.6 Å². The van der Waals surface area contributed by atoms with Gasteiger partial charge in [-0.3, -0.25) is 4.79 Å². The highest BCUT2D eigenvalue weighted by molar-refractivity contribution is 9.11. The van der Waals surface area contributed by atoms with Crippen molar-refractivity contribution in [2.45, 2.75) is 13.0 Å². The van der Waals surface area contributed by atoms with Gasteiger partial charge in [0.15, 0.2) is 0 Å². The second-order valence-corrected chi connectivity index (χ2v) is 4.96. The SMILES string of the molecule is C=C(Br)CSC[C@H](NC(C)=O)C(=O)OC. The Morgan fingerprint density at radius 3 is 2.60 bits per heavy atom. The van der Waals surface area contributed by atoms with Crippen LogP contribution in [0, 0.1) is 0 Å². The lowest BCUT2D eigenvalue weighted by Gasteiger charge is -2.14. The Labute approximate surface area is 102 Å². The van der Waals surface area contributed by atoms with Gasteiger partial charge in [-0.05, 0) is 4.48 Å². The Balaban J connectivity index is 4.07. The van der Waals surface area contributed by atoms with E-state index in [1.54, 1.807) is 0 Å². The average molecular weight is 296 g/mol. The molecule has 0 aromatic heterocycles. The summed E-state index contributed by atoms with van der Waals surface area (Å²) >= 11 is 4.70. The van der Waals surface area contributed by atoms with Crippen LogP contribution in [0.3, 0.4) is 0 Å². The molecule has 0 bridgehead atoms. The number of thioether (sulfide) groups is 1. The lowest BCUT2D eigenvalue weighted by molar-refractivity contribution is -0.144. The molecule has 15 heavy (non-hydrogen) atoms. The Kier molecular flexibility index (Phi) is 7.50. The molecular weight excluding hydrogens is 282 g/mol. The fourth-order valence-electron chi connectivity index (χ4n) is 0.844. The van der Waals surface area contributed by atoms with Crippen LogP contribution in [0.1, 0.15) is 6.92 Å². The maximum atomic E-state index is 11.2. The number of carbonyl (C=O) groups excluding carboxylic acids is 2. The van der Waals surface area contributed by atoms with E-state index < -0.39 is 12.0 Å². The molecule has 1 N–H and O–H groups in total. The van der Waals surface area contributed by atoms with Gasteiger partial charge in [0.25, 0.3) is 0 Å². The Morgan fingerprint density at radius 2 is 2.20 bits per heavy atom. The minimum Gasteiger partial charge on any atom is -0.467 e. The highest BCUT2D eigenvalue weighted by atomic mass is 79.9. The maximum Gasteiger partial charge on any atom is 0.329 e. The van der Waals surface area contributed by atoms with Crippen molar-refractivity contribution in [1.29, 1.82) is 0 Å². The first-order valence-electron chi connectivity index (χ1n) is 4.23. The molecule has 0 unspecified atom stereocenters. The molecule has 0 aromatic carbocycles. The predicted molar refractivity (Wildman–Crippen MR) is 65.0 cm³/mol. The smallest absolute Gasteiger partial charge is 0.329 e. The fraction of sp³-hybridized carbons (Fsp3) is 0.556. The molecule has 6 heteroatoms. The molecular formula is C9H14BrNO3S. The minimum atomic E-state index is -0.593. The normalized spacial score (nSPS) is 11.7. The molecule has 0 rings (SSSR count). The third kappa shape index (κ3) is 7.44. The van der Waals surface area contributed by atoms with Gasteiger partial charge in [0.1, 0.15) is 6.04 Å². The molecule has 1 amide bonds. The zero-order chi connectivity index (χ0) is 11.8. The summed E-state index contributed by atoms with van der Waals surface area (Å²) in [6.45, 7) is 5.04. The van der Waals surface area contributed by atoms with E-state index in [1.807, 2.05) is 0 Å². The van der Waals surface area contributed by atoms with E-state index in [9.17, 15) is 9.59 Å². The van der Waals surface area contributed by atoms with E-state index in [2.05, 4.69) is 32.6 Å². The molecule has 0 spiro atoms. The molecule has 0 saturated carbocycles. The summed E-state index contributed by atoms with van der Waals surface area (Å²) in [5.74, 6) is 0.478. The number of ether oxygens (including phenoxy) is 1. The first-order chi connectivity index (χ1) is 6.97. The van der Waals surface area contributed by atoms with Gasteiger partial charge < -0.3 is 10.1 Å². The van der Waals surface area contributed by atoms with Crippen molar-refractivity contribution in [1.82, 2.24) is 5.32 Å². The third-order valence-corrected chi connectivity index (χ3v) is 3.18. The number of esters is 1. The predicted octanol–water partition coefficient (Wildman–Crippen LogP) is 1.31. The summed E-state index contributed by atoms with van der Waals surface area (Å²) in [6, 6.07) is -0.593. The van der Waals surface area contributed by atoms with Crippen molar-refractivity contribution in [2.24, 2.45) is 0 Å². The quantitative estimate of drug-likeness (QED) is 0.751. The zero-order valence-corrected chi connectivity index (χ0v) is 11.1. The van der Waals surface area contributed by atoms with E-state index in [4.69, 9.17) is 0 Å². The number of hydrogen-bond acceptors (Lipinski definition) is 4. The van der Waals surface area contributed by atoms with E-state index in [1.165, 1.54) is 25.8 Å². The molecule has 0 saturated heterocycles. The molecule has 0 aliphatic rings. The van der Waals surface area contributed by atoms with E-state index >= 15 is 0 Å². The van der Waals surface area contributed by atoms with Gasteiger partial charge >= 0.3 is 5.97 Å². The Hall–Kier alpha value is -0.490. The van der Waals surface area contributed by atoms with Crippen molar-refractivity contribution in [3.05, 3.63) is 11.1 Å². The zero-order valence-electron chi connectivity index (χ0n) is 8.71. The van der Waals surface area contributed by atoms with E-state index in [0.717, 1.165) is 4.48 Å². The lowest BCUT2D eigenvalue weighted by atomic mass is 10.3. The topological polar surface area (TPSA) is 55.4 Å². The molecule has 0 aliphatic carbocycles. The largest absolute Gasteiger partial charge is 0.467 e. The fourth-order valence-corrected chi connectivity index (χ4v) is 2.12. The summed E-state index contributed by atoms with van der Waals surface area (Å²) < 4.78 is 5.42. The van der Waals surface area contributed by atoms with Crippen LogP contribution in [0.2, 0.25) is 0 Å². The third-order valence-electron chi connectivity index (χ3n) is 1.41. The minimum absolute atomic E-state index is 0.247. The molecule has 0 fully saturated rings. The summed E-state index contributed by atoms with van der Waals surface area (Å²) in [6.07, 6.45) is 0. The average Bonchev–Trinajstić information content (AvgIpc) is 2.14. The van der Waals surface area contributed by atoms with Gasteiger partial charge in [-0.25, -0.2) is 4.79 Å². The number of methoxy groups -OCH3 is 1. The van der Waals surface area contributed by atoms with Crippen LogP contribution in [-0.2, 0) is 14.3 Å². The summed E-state index contributed by atoms with van der Waals surface area (Å²) in [5.41, 5.74) is 0. The number of amides is 1. The number of carbonyl (C=O) groups is 2. The molecule has 1 atom stereocenters. The Morgan fingerprint density at radius 1 is 1.60 bits per heavy atom. The summed E-state index contributed by atoms with van der Waals surface area (Å²) in [4.78, 5) is 22.1. The molecule has 0 aromatic rings. The Bertz CT molecular complexity index is 258. The van der Waals surface area contributed by atoms with Crippen LogP contribution in [0.15, 0.2) is 11.1 Å². The van der Waals surface area contributed by atoms with Gasteiger partial charge in [-0.1, -0.05) is 22.5 Å². The number of nitrogens with one attached hydrogen (secondary N) is 1.